The van der Waals surface area contributed by atoms with Crippen molar-refractivity contribution in [1.29, 1.82) is 0 Å². The van der Waals surface area contributed by atoms with E-state index in [1.165, 1.54) is 19.1 Å². The lowest BCUT2D eigenvalue weighted by Crippen LogP contribution is -2.41. The fourth-order valence-corrected chi connectivity index (χ4v) is 4.20. The molecule has 3 rings (SSSR count). The molecule has 0 spiro atoms. The summed E-state index contributed by atoms with van der Waals surface area (Å²) in [6.07, 6.45) is -1.39. The molecule has 0 saturated heterocycles. The number of nitrogens with zero attached hydrogens (tertiary/aromatic N) is 2. The van der Waals surface area contributed by atoms with Gasteiger partial charge in [0.05, 0.1) is 16.9 Å². The Kier molecular flexibility index (Phi) is 6.47. The molecular weight excluding hydrogens is 421 g/mol. The largest absolute Gasteiger partial charge is 0.457 e. The lowest BCUT2D eigenvalue weighted by Gasteiger charge is -2.29. The van der Waals surface area contributed by atoms with Gasteiger partial charge in [0.1, 0.15) is 6.61 Å². The third-order valence-electron chi connectivity index (χ3n) is 4.89. The number of esters is 1. The third-order valence-corrected chi connectivity index (χ3v) is 5.76. The number of aromatic nitrogens is 1. The number of anilines is 2. The van der Waals surface area contributed by atoms with Crippen molar-refractivity contribution in [3.05, 3.63) is 40.9 Å². The van der Waals surface area contributed by atoms with Crippen LogP contribution < -0.4 is 4.90 Å². The molecule has 1 amide bonds. The first-order chi connectivity index (χ1) is 14.1. The van der Waals surface area contributed by atoms with Crippen LogP contribution in [0, 0.1) is 0 Å². The lowest BCUT2D eigenvalue weighted by atomic mass is 9.85. The van der Waals surface area contributed by atoms with Crippen LogP contribution in [0.25, 0.3) is 0 Å². The molecule has 1 aliphatic rings. The number of thiazole rings is 1. The number of benzene rings is 1. The van der Waals surface area contributed by atoms with Gasteiger partial charge < -0.3 is 9.84 Å². The van der Waals surface area contributed by atoms with E-state index in [1.54, 1.807) is 5.38 Å². The summed E-state index contributed by atoms with van der Waals surface area (Å²) in [5.74, 6) is -1.22. The monoisotopic (exact) mass is 442 g/mol. The fourth-order valence-electron chi connectivity index (χ4n) is 3.33. The van der Waals surface area contributed by atoms with Gasteiger partial charge in [-0.3, -0.25) is 9.69 Å². The molecule has 10 heteroatoms. The number of halogens is 3. The van der Waals surface area contributed by atoms with Gasteiger partial charge in [0.25, 0.3) is 0 Å². The first-order valence-electron chi connectivity index (χ1n) is 9.42. The predicted octanol–water partition coefficient (Wildman–Crippen LogP) is 4.58. The zero-order valence-corrected chi connectivity index (χ0v) is 17.1. The van der Waals surface area contributed by atoms with Crippen molar-refractivity contribution < 1.29 is 32.6 Å². The van der Waals surface area contributed by atoms with Crippen molar-refractivity contribution in [3.8, 4) is 0 Å². The van der Waals surface area contributed by atoms with Gasteiger partial charge >= 0.3 is 12.1 Å². The van der Waals surface area contributed by atoms with Crippen molar-refractivity contribution in [2.75, 3.05) is 4.90 Å². The highest BCUT2D eigenvalue weighted by molar-refractivity contribution is 7.14. The number of hydrogen-bond acceptors (Lipinski definition) is 6. The molecule has 1 fully saturated rings. The molecule has 0 unspecified atom stereocenters. The van der Waals surface area contributed by atoms with Crippen LogP contribution in [0.4, 0.5) is 24.0 Å². The molecule has 1 aromatic heterocycles. The maximum atomic E-state index is 13.0. The molecule has 0 bridgehead atoms. The molecule has 1 aromatic carbocycles. The molecule has 1 aliphatic carbocycles. The Balaban J connectivity index is 1.74. The molecule has 162 valence electrons. The molecule has 2 aromatic rings. The summed E-state index contributed by atoms with van der Waals surface area (Å²) in [6.45, 7) is 1.02. The summed E-state index contributed by atoms with van der Waals surface area (Å²) in [5.41, 5.74) is -1.99. The zero-order chi connectivity index (χ0) is 21.9. The Morgan fingerprint density at radius 2 is 1.97 bits per heavy atom. The maximum absolute atomic E-state index is 13.0. The van der Waals surface area contributed by atoms with E-state index in [9.17, 15) is 27.9 Å². The molecular formula is C20H21F3N2O4S. The maximum Gasteiger partial charge on any atom is 0.416 e. The van der Waals surface area contributed by atoms with E-state index < -0.39 is 29.2 Å². The van der Waals surface area contributed by atoms with Crippen molar-refractivity contribution >= 4 is 34.0 Å². The highest BCUT2D eigenvalue weighted by atomic mass is 32.1. The molecule has 30 heavy (non-hydrogen) atoms. The number of carbonyl (C=O) groups is 2. The second-order valence-electron chi connectivity index (χ2n) is 7.19. The second kappa shape index (κ2) is 8.73. The van der Waals surface area contributed by atoms with Crippen LogP contribution in [0.1, 0.15) is 50.3 Å². The molecule has 6 nitrogen and oxygen atoms in total. The van der Waals surface area contributed by atoms with E-state index in [-0.39, 0.29) is 17.4 Å². The number of alkyl halides is 3. The number of hydrogen-bond donors (Lipinski definition) is 1. The highest BCUT2D eigenvalue weighted by Crippen LogP contribution is 2.35. The van der Waals surface area contributed by atoms with Crippen LogP contribution in [-0.2, 0) is 27.1 Å². The van der Waals surface area contributed by atoms with Crippen LogP contribution in [-0.4, -0.2) is 27.6 Å². The fraction of sp³-hybridized carbons (Fsp3) is 0.450. The third kappa shape index (κ3) is 4.99. The van der Waals surface area contributed by atoms with Crippen molar-refractivity contribution in [2.45, 2.75) is 57.4 Å². The second-order valence-corrected chi connectivity index (χ2v) is 8.03. The number of aliphatic hydroxyl groups is 1. The minimum Gasteiger partial charge on any atom is -0.457 e. The smallest absolute Gasteiger partial charge is 0.416 e. The average molecular weight is 442 g/mol. The van der Waals surface area contributed by atoms with Crippen molar-refractivity contribution in [2.24, 2.45) is 0 Å². The van der Waals surface area contributed by atoms with Crippen molar-refractivity contribution in [1.82, 2.24) is 4.98 Å². The average Bonchev–Trinajstić information content (AvgIpc) is 3.14. The summed E-state index contributed by atoms with van der Waals surface area (Å²) < 4.78 is 44.2. The Bertz CT molecular complexity index is 923. The predicted molar refractivity (Wildman–Crippen MR) is 104 cm³/mol. The number of ether oxygens (including phenoxy) is 1. The minimum absolute atomic E-state index is 0.0340. The quantitative estimate of drug-likeness (QED) is 0.686. The van der Waals surface area contributed by atoms with Gasteiger partial charge in [-0.2, -0.15) is 13.2 Å². The summed E-state index contributed by atoms with van der Waals surface area (Å²) in [5, 5.41) is 12.1. The van der Waals surface area contributed by atoms with Crippen molar-refractivity contribution in [3.63, 3.8) is 0 Å². The van der Waals surface area contributed by atoms with E-state index in [0.717, 1.165) is 47.6 Å². The van der Waals surface area contributed by atoms with Crippen LogP contribution in [0.3, 0.4) is 0 Å². The summed E-state index contributed by atoms with van der Waals surface area (Å²) in [7, 11) is 0. The molecule has 1 heterocycles. The van der Waals surface area contributed by atoms with Crippen LogP contribution in [0.5, 0.6) is 0 Å². The topological polar surface area (TPSA) is 79.7 Å². The van der Waals surface area contributed by atoms with Crippen LogP contribution in [0.15, 0.2) is 29.6 Å². The van der Waals surface area contributed by atoms with Gasteiger partial charge in [0.15, 0.2) is 10.7 Å². The van der Waals surface area contributed by atoms with Gasteiger partial charge in [-0.1, -0.05) is 12.5 Å². The standard InChI is InChI=1S/C20H21F3N2O4S/c1-13(26)25(16-7-5-6-14(10-16)20(21,22)23)18-24-15(12-30-18)11-29-17(27)19(28)8-3-2-4-9-19/h5-7,10,12,28H,2-4,8-9,11H2,1H3. The van der Waals surface area contributed by atoms with Gasteiger partial charge in [-0.25, -0.2) is 9.78 Å². The van der Waals surface area contributed by atoms with Crippen LogP contribution >= 0.6 is 11.3 Å². The van der Waals surface area contributed by atoms with Gasteiger partial charge in [0.2, 0.25) is 5.91 Å². The van der Waals surface area contributed by atoms with Gasteiger partial charge in [-0.05, 0) is 43.9 Å². The zero-order valence-electron chi connectivity index (χ0n) is 16.2. The Morgan fingerprint density at radius 3 is 2.60 bits per heavy atom. The van der Waals surface area contributed by atoms with E-state index in [4.69, 9.17) is 4.74 Å². The summed E-state index contributed by atoms with van der Waals surface area (Å²) in [6, 6.07) is 4.40. The van der Waals surface area contributed by atoms with Gasteiger partial charge in [0, 0.05) is 12.3 Å². The van der Waals surface area contributed by atoms with E-state index in [2.05, 4.69) is 4.98 Å². The SMILES string of the molecule is CC(=O)N(c1cccc(C(F)(F)F)c1)c1nc(COC(=O)C2(O)CCCCC2)cs1. The summed E-state index contributed by atoms with van der Waals surface area (Å²) in [4.78, 5) is 29.6. The number of rotatable bonds is 5. The highest BCUT2D eigenvalue weighted by Gasteiger charge is 2.38. The first kappa shape index (κ1) is 22.2. The number of carbonyl (C=O) groups excluding carboxylic acids is 2. The molecule has 0 aliphatic heterocycles. The Labute approximate surface area is 175 Å². The molecule has 1 saturated carbocycles. The molecule has 1 N–H and O–H groups in total. The first-order valence-corrected chi connectivity index (χ1v) is 10.3. The van der Waals surface area contributed by atoms with Crippen LogP contribution in [0.2, 0.25) is 0 Å². The number of amides is 1. The Morgan fingerprint density at radius 1 is 1.27 bits per heavy atom. The van der Waals surface area contributed by atoms with E-state index >= 15 is 0 Å². The molecule has 0 atom stereocenters. The Hall–Kier alpha value is -2.46. The van der Waals surface area contributed by atoms with E-state index in [1.807, 2.05) is 0 Å². The van der Waals surface area contributed by atoms with E-state index in [0.29, 0.717) is 18.5 Å². The molecule has 0 radical (unpaired) electrons. The normalized spacial score (nSPS) is 16.2. The summed E-state index contributed by atoms with van der Waals surface area (Å²) >= 11 is 1.04. The lowest BCUT2D eigenvalue weighted by molar-refractivity contribution is -0.170. The van der Waals surface area contributed by atoms with Gasteiger partial charge in [-0.15, -0.1) is 11.3 Å². The minimum atomic E-state index is -4.54.